The molecule has 5 rings (SSSR count). The Bertz CT molecular complexity index is 1420. The fraction of sp³-hybridized carbons (Fsp3) is 0.208. The van der Waals surface area contributed by atoms with Gasteiger partial charge in [-0.3, -0.25) is 10.00 Å². The molecule has 1 unspecified atom stereocenters. The molecule has 0 fully saturated rings. The summed E-state index contributed by atoms with van der Waals surface area (Å²) >= 11 is 6.35. The Morgan fingerprint density at radius 3 is 2.85 bits per heavy atom. The van der Waals surface area contributed by atoms with E-state index in [1.807, 2.05) is 54.0 Å². The summed E-state index contributed by atoms with van der Waals surface area (Å²) < 4.78 is 21.4. The number of hydrogen-bond acceptors (Lipinski definition) is 7. The van der Waals surface area contributed by atoms with Crippen molar-refractivity contribution in [3.05, 3.63) is 82.5 Å². The monoisotopic (exact) mass is 479 g/mol. The number of oxazole rings is 1. The lowest BCUT2D eigenvalue weighted by atomic mass is 10.0. The summed E-state index contributed by atoms with van der Waals surface area (Å²) in [6.45, 7) is 5.33. The lowest BCUT2D eigenvalue weighted by Crippen LogP contribution is -2.37. The summed E-state index contributed by atoms with van der Waals surface area (Å²) in [4.78, 5) is 11.4. The average Bonchev–Trinajstić information content (AvgIpc) is 3.43. The minimum Gasteiger partial charge on any atom is -0.421 e. The summed E-state index contributed by atoms with van der Waals surface area (Å²) in [5.74, 6) is 0.117. The number of benzene rings is 2. The maximum atomic E-state index is 13.6. The molecule has 2 aromatic carbocycles. The van der Waals surface area contributed by atoms with Crippen molar-refractivity contribution in [2.45, 2.75) is 33.0 Å². The number of rotatable bonds is 5. The second-order valence-corrected chi connectivity index (χ2v) is 8.41. The minimum absolute atomic E-state index is 0.263. The summed E-state index contributed by atoms with van der Waals surface area (Å²) in [5, 5.41) is 7.88. The zero-order chi connectivity index (χ0) is 23.8. The molecule has 3 heterocycles. The number of hydrogen-bond donors (Lipinski definition) is 2. The van der Waals surface area contributed by atoms with Crippen LogP contribution in [0.4, 0.5) is 16.1 Å². The molecular formula is C24H23ClFN7O. The van der Waals surface area contributed by atoms with Gasteiger partial charge in [0.15, 0.2) is 5.58 Å². The molecule has 1 aliphatic heterocycles. The fourth-order valence-corrected chi connectivity index (χ4v) is 4.17. The lowest BCUT2D eigenvalue weighted by molar-refractivity contribution is 0.482. The Hall–Kier alpha value is -3.85. The molecule has 0 amide bonds. The van der Waals surface area contributed by atoms with Crippen molar-refractivity contribution in [1.29, 1.82) is 0 Å². The zero-order valence-corrected chi connectivity index (χ0v) is 19.4. The van der Waals surface area contributed by atoms with Gasteiger partial charge in [-0.05, 0) is 49.8 Å². The van der Waals surface area contributed by atoms with Crippen LogP contribution in [0.2, 0.25) is 5.02 Å². The number of aromatic nitrogens is 3. The number of para-hydroxylation sites is 1. The number of aliphatic imine (C=N–C) groups is 1. The third-order valence-electron chi connectivity index (χ3n) is 5.64. The quantitative estimate of drug-likeness (QED) is 0.374. The van der Waals surface area contributed by atoms with E-state index >= 15 is 0 Å². The van der Waals surface area contributed by atoms with Crippen LogP contribution in [0.25, 0.3) is 11.1 Å². The van der Waals surface area contributed by atoms with Gasteiger partial charge < -0.3 is 15.1 Å². The van der Waals surface area contributed by atoms with E-state index in [4.69, 9.17) is 26.7 Å². The van der Waals surface area contributed by atoms with Crippen molar-refractivity contribution < 1.29 is 8.81 Å². The molecule has 1 atom stereocenters. The predicted octanol–water partition coefficient (Wildman–Crippen LogP) is 5.35. The van der Waals surface area contributed by atoms with E-state index < -0.39 is 11.9 Å². The van der Waals surface area contributed by atoms with E-state index in [0.717, 1.165) is 17.8 Å². The van der Waals surface area contributed by atoms with E-state index in [1.165, 1.54) is 12.1 Å². The zero-order valence-electron chi connectivity index (χ0n) is 18.7. The lowest BCUT2D eigenvalue weighted by Gasteiger charge is -2.31. The first-order valence-electron chi connectivity index (χ1n) is 10.8. The smallest absolute Gasteiger partial charge is 0.302 e. The number of allylic oxidation sites excluding steroid dienone is 1. The van der Waals surface area contributed by atoms with Crippen LogP contribution in [0.15, 0.2) is 70.0 Å². The largest absolute Gasteiger partial charge is 0.421 e. The van der Waals surface area contributed by atoms with E-state index in [-0.39, 0.29) is 6.01 Å². The van der Waals surface area contributed by atoms with Crippen LogP contribution in [0.3, 0.4) is 0 Å². The van der Waals surface area contributed by atoms with Gasteiger partial charge in [-0.2, -0.15) is 10.1 Å². The number of nitrogen functional groups attached to an aromatic ring is 1. The van der Waals surface area contributed by atoms with E-state index in [0.29, 0.717) is 39.9 Å². The molecule has 0 spiro atoms. The number of guanidine groups is 1. The van der Waals surface area contributed by atoms with Gasteiger partial charge in [-0.1, -0.05) is 23.7 Å². The van der Waals surface area contributed by atoms with Crippen molar-refractivity contribution in [3.63, 3.8) is 0 Å². The Labute approximate surface area is 200 Å². The van der Waals surface area contributed by atoms with Gasteiger partial charge in [0.2, 0.25) is 5.96 Å². The highest BCUT2D eigenvalue weighted by molar-refractivity contribution is 6.31. The van der Waals surface area contributed by atoms with Crippen molar-refractivity contribution >= 4 is 40.4 Å². The van der Waals surface area contributed by atoms with Gasteiger partial charge in [0, 0.05) is 29.0 Å². The van der Waals surface area contributed by atoms with Gasteiger partial charge in [-0.15, -0.1) is 0 Å². The normalized spacial score (nSPS) is 16.0. The Morgan fingerprint density at radius 2 is 2.12 bits per heavy atom. The maximum Gasteiger partial charge on any atom is 0.302 e. The standard InChI is InChI=1S/C24H23ClFN7O/c1-3-32-12-15(11-28-32)13-33-14(2)9-21(17-8-7-16(26)10-18(17)25)29-23(33)31-24-30-20-6-4-5-19(27)22(20)34-24/h4-12,21H,3,13,27H2,1-2H3,(H,29,30,31). The number of fused-ring (bicyclic) bond motifs is 1. The van der Waals surface area contributed by atoms with Crippen LogP contribution in [-0.4, -0.2) is 25.6 Å². The van der Waals surface area contributed by atoms with Crippen LogP contribution in [0, 0.1) is 5.82 Å². The summed E-state index contributed by atoms with van der Waals surface area (Å²) in [6, 6.07) is 9.56. The molecule has 10 heteroatoms. The number of aryl methyl sites for hydroxylation is 1. The van der Waals surface area contributed by atoms with Gasteiger partial charge in [0.1, 0.15) is 17.4 Å². The number of halogens is 2. The summed E-state index contributed by atoms with van der Waals surface area (Å²) in [7, 11) is 0. The minimum atomic E-state index is -0.417. The molecule has 8 nitrogen and oxygen atoms in total. The van der Waals surface area contributed by atoms with Gasteiger partial charge in [-0.25, -0.2) is 9.38 Å². The first kappa shape index (κ1) is 22.0. The predicted molar refractivity (Wildman–Crippen MR) is 131 cm³/mol. The summed E-state index contributed by atoms with van der Waals surface area (Å²) in [6.07, 6.45) is 5.81. The number of anilines is 2. The molecule has 0 radical (unpaired) electrons. The highest BCUT2D eigenvalue weighted by Crippen LogP contribution is 2.33. The maximum absolute atomic E-state index is 13.6. The molecule has 0 bridgehead atoms. The van der Waals surface area contributed by atoms with Crippen LogP contribution >= 0.6 is 11.6 Å². The average molecular weight is 480 g/mol. The third kappa shape index (κ3) is 4.22. The second-order valence-electron chi connectivity index (χ2n) is 8.00. The number of nitrogens with two attached hydrogens (primary N) is 1. The fourth-order valence-electron chi connectivity index (χ4n) is 3.89. The first-order chi connectivity index (χ1) is 16.4. The molecule has 174 valence electrons. The van der Waals surface area contributed by atoms with Crippen molar-refractivity contribution in [2.24, 2.45) is 4.99 Å². The highest BCUT2D eigenvalue weighted by Gasteiger charge is 2.26. The van der Waals surface area contributed by atoms with Gasteiger partial charge in [0.05, 0.1) is 18.4 Å². The van der Waals surface area contributed by atoms with Crippen LogP contribution in [-0.2, 0) is 13.1 Å². The second kappa shape index (κ2) is 8.83. The molecule has 2 aromatic heterocycles. The molecule has 0 saturated carbocycles. The number of nitrogens with zero attached hydrogens (tertiary/aromatic N) is 5. The molecule has 0 saturated heterocycles. The topological polar surface area (TPSA) is 97.5 Å². The molecule has 3 N–H and O–H groups in total. The third-order valence-corrected chi connectivity index (χ3v) is 5.97. The first-order valence-corrected chi connectivity index (χ1v) is 11.2. The molecular weight excluding hydrogens is 457 g/mol. The molecule has 4 aromatic rings. The van der Waals surface area contributed by atoms with Crippen LogP contribution < -0.4 is 11.1 Å². The highest BCUT2D eigenvalue weighted by atomic mass is 35.5. The van der Waals surface area contributed by atoms with Crippen molar-refractivity contribution in [3.8, 4) is 0 Å². The molecule has 1 aliphatic rings. The van der Waals surface area contributed by atoms with Crippen molar-refractivity contribution in [2.75, 3.05) is 11.1 Å². The van der Waals surface area contributed by atoms with Crippen LogP contribution in [0.5, 0.6) is 0 Å². The molecule has 34 heavy (non-hydrogen) atoms. The van der Waals surface area contributed by atoms with Crippen LogP contribution in [0.1, 0.15) is 31.0 Å². The number of nitrogens with one attached hydrogen (secondary N) is 1. The van der Waals surface area contributed by atoms with E-state index in [2.05, 4.69) is 15.4 Å². The van der Waals surface area contributed by atoms with Gasteiger partial charge >= 0.3 is 6.01 Å². The molecule has 0 aliphatic carbocycles. The SMILES string of the molecule is CCn1cc(CN2C(C)=CC(c3ccc(F)cc3Cl)N=C2Nc2nc3cccc(N)c3o2)cn1. The van der Waals surface area contributed by atoms with E-state index in [1.54, 1.807) is 12.1 Å². The van der Waals surface area contributed by atoms with E-state index in [9.17, 15) is 4.39 Å². The summed E-state index contributed by atoms with van der Waals surface area (Å²) in [5.41, 5.74) is 10.3. The van der Waals surface area contributed by atoms with Gasteiger partial charge in [0.25, 0.3) is 0 Å². The van der Waals surface area contributed by atoms with Crippen molar-refractivity contribution in [1.82, 2.24) is 19.7 Å². The Kier molecular flexibility index (Phi) is 5.70. The Morgan fingerprint density at radius 1 is 1.26 bits per heavy atom. The Balaban J connectivity index is 1.53.